The van der Waals surface area contributed by atoms with Crippen LogP contribution in [0.5, 0.6) is 0 Å². The van der Waals surface area contributed by atoms with Gasteiger partial charge in [0.15, 0.2) is 0 Å². The Hall–Kier alpha value is -0.260. The maximum absolute atomic E-state index is 12.6. The summed E-state index contributed by atoms with van der Waals surface area (Å²) in [5, 5.41) is 0. The smallest absolute Gasteiger partial charge is 0.166 e. The van der Waals surface area contributed by atoms with Gasteiger partial charge in [0, 0.05) is 3.57 Å². The van der Waals surface area contributed by atoms with Crippen molar-refractivity contribution in [2.24, 2.45) is 0 Å². The summed E-state index contributed by atoms with van der Waals surface area (Å²) in [6, 6.07) is 1.58. The normalized spacial score (nSPS) is 11.9. The number of hydrogen-bond donors (Lipinski definition) is 0. The van der Waals surface area contributed by atoms with Crippen molar-refractivity contribution in [1.82, 2.24) is 0 Å². The van der Waals surface area contributed by atoms with Gasteiger partial charge in [0.1, 0.15) is 0 Å². The molecule has 0 nitrogen and oxygen atoms in total. The first-order valence-corrected chi connectivity index (χ1v) is 5.16. The highest BCUT2D eigenvalue weighted by Crippen LogP contribution is 2.36. The van der Waals surface area contributed by atoms with Gasteiger partial charge in [-0.25, -0.2) is 0 Å². The second-order valence-electron chi connectivity index (χ2n) is 3.32. The van der Waals surface area contributed by atoms with E-state index >= 15 is 0 Å². The van der Waals surface area contributed by atoms with Gasteiger partial charge in [-0.05, 0) is 60.1 Å². The Bertz CT molecular complexity index is 367. The second kappa shape index (κ2) is 3.72. The lowest BCUT2D eigenvalue weighted by atomic mass is 9.99. The first-order valence-electron chi connectivity index (χ1n) is 4.08. The molecule has 0 unspecified atom stereocenters. The van der Waals surface area contributed by atoms with Gasteiger partial charge in [0.25, 0.3) is 0 Å². The van der Waals surface area contributed by atoms with Crippen LogP contribution in [0.2, 0.25) is 0 Å². The number of alkyl halides is 3. The van der Waals surface area contributed by atoms with E-state index < -0.39 is 11.7 Å². The fourth-order valence-corrected chi connectivity index (χ4v) is 2.02. The Morgan fingerprint density at radius 1 is 1.07 bits per heavy atom. The summed E-state index contributed by atoms with van der Waals surface area (Å²) < 4.78 is 38.5. The maximum atomic E-state index is 12.6. The third-order valence-electron chi connectivity index (χ3n) is 2.16. The molecule has 0 aliphatic rings. The fraction of sp³-hybridized carbons (Fsp3) is 0.400. The van der Waals surface area contributed by atoms with Crippen LogP contribution in [0.4, 0.5) is 13.2 Å². The molecule has 0 heterocycles. The molecule has 0 saturated heterocycles. The summed E-state index contributed by atoms with van der Waals surface area (Å²) >= 11 is 1.95. The van der Waals surface area contributed by atoms with Crippen molar-refractivity contribution < 1.29 is 13.2 Å². The van der Waals surface area contributed by atoms with Crippen LogP contribution >= 0.6 is 22.6 Å². The Morgan fingerprint density at radius 2 is 1.57 bits per heavy atom. The number of benzene rings is 1. The molecule has 0 N–H and O–H groups in total. The minimum absolute atomic E-state index is 0.299. The number of hydrogen-bond acceptors (Lipinski definition) is 0. The van der Waals surface area contributed by atoms with Crippen LogP contribution in [0.25, 0.3) is 0 Å². The van der Waals surface area contributed by atoms with Crippen molar-refractivity contribution in [3.05, 3.63) is 31.9 Å². The van der Waals surface area contributed by atoms with Crippen LogP contribution in [-0.2, 0) is 6.18 Å². The third-order valence-corrected chi connectivity index (χ3v) is 3.82. The third kappa shape index (κ3) is 2.04. The molecule has 1 rings (SSSR count). The monoisotopic (exact) mass is 314 g/mol. The lowest BCUT2D eigenvalue weighted by Gasteiger charge is -2.16. The largest absolute Gasteiger partial charge is 0.416 e. The van der Waals surface area contributed by atoms with Gasteiger partial charge >= 0.3 is 6.18 Å². The van der Waals surface area contributed by atoms with Crippen molar-refractivity contribution in [2.75, 3.05) is 0 Å². The summed E-state index contributed by atoms with van der Waals surface area (Å²) in [5.41, 5.74) is 1.03. The van der Waals surface area contributed by atoms with Gasteiger partial charge < -0.3 is 0 Å². The zero-order valence-electron chi connectivity index (χ0n) is 8.09. The Kier molecular flexibility index (Phi) is 3.13. The van der Waals surface area contributed by atoms with E-state index in [0.29, 0.717) is 14.7 Å². The van der Waals surface area contributed by atoms with E-state index in [1.165, 1.54) is 13.8 Å². The van der Waals surface area contributed by atoms with Crippen molar-refractivity contribution in [3.8, 4) is 0 Å². The molecule has 0 aromatic heterocycles. The molecule has 0 aliphatic carbocycles. The number of rotatable bonds is 0. The van der Waals surface area contributed by atoms with E-state index in [9.17, 15) is 13.2 Å². The van der Waals surface area contributed by atoms with E-state index in [-0.39, 0.29) is 0 Å². The topological polar surface area (TPSA) is 0 Å². The molecule has 0 fully saturated rings. The maximum Gasteiger partial charge on any atom is 0.416 e. The molecular formula is C10H10F3I. The van der Waals surface area contributed by atoms with Crippen LogP contribution < -0.4 is 0 Å². The van der Waals surface area contributed by atoms with Crippen LogP contribution in [0.15, 0.2) is 6.07 Å². The van der Waals surface area contributed by atoms with Gasteiger partial charge in [0.2, 0.25) is 0 Å². The molecule has 14 heavy (non-hydrogen) atoms. The molecule has 78 valence electrons. The van der Waals surface area contributed by atoms with Gasteiger partial charge in [0.05, 0.1) is 5.56 Å². The first-order chi connectivity index (χ1) is 6.25. The quantitative estimate of drug-likeness (QED) is 0.629. The molecule has 0 spiro atoms. The molecule has 1 aromatic carbocycles. The Morgan fingerprint density at radius 3 is 2.00 bits per heavy atom. The summed E-state index contributed by atoms with van der Waals surface area (Å²) in [5.74, 6) is 0. The molecule has 0 amide bonds. The molecule has 0 aliphatic heterocycles. The summed E-state index contributed by atoms with van der Waals surface area (Å²) in [7, 11) is 0. The standard InChI is InChI=1S/C10H10F3I/c1-5-4-6(2)9(14)7(3)8(5)10(11,12)13/h4H,1-3H3. The van der Waals surface area contributed by atoms with Gasteiger partial charge in [-0.3, -0.25) is 0 Å². The number of aryl methyl sites for hydroxylation is 2. The molecule has 0 saturated carbocycles. The van der Waals surface area contributed by atoms with Crippen LogP contribution in [0.1, 0.15) is 22.3 Å². The SMILES string of the molecule is Cc1cc(C)c(C(F)(F)F)c(C)c1I. The summed E-state index contributed by atoms with van der Waals surface area (Å²) in [6.07, 6.45) is -4.25. The average Bonchev–Trinajstić information content (AvgIpc) is 1.97. The molecule has 4 heteroatoms. The van der Waals surface area contributed by atoms with E-state index in [2.05, 4.69) is 0 Å². The highest BCUT2D eigenvalue weighted by atomic mass is 127. The summed E-state index contributed by atoms with van der Waals surface area (Å²) in [4.78, 5) is 0. The molecule has 0 bridgehead atoms. The molecule has 0 radical (unpaired) electrons. The lowest BCUT2D eigenvalue weighted by molar-refractivity contribution is -0.138. The Balaban J connectivity index is 3.53. The number of halogens is 4. The molecule has 0 atom stereocenters. The Labute approximate surface area is 94.6 Å². The highest BCUT2D eigenvalue weighted by Gasteiger charge is 2.35. The molecular weight excluding hydrogens is 304 g/mol. The van der Waals surface area contributed by atoms with Crippen molar-refractivity contribution in [1.29, 1.82) is 0 Å². The zero-order chi connectivity index (χ0) is 11.1. The van der Waals surface area contributed by atoms with Gasteiger partial charge in [-0.1, -0.05) is 6.07 Å². The zero-order valence-corrected chi connectivity index (χ0v) is 10.2. The minimum atomic E-state index is -4.25. The van der Waals surface area contributed by atoms with Gasteiger partial charge in [-0.2, -0.15) is 13.2 Å². The van der Waals surface area contributed by atoms with E-state index in [4.69, 9.17) is 0 Å². The van der Waals surface area contributed by atoms with Crippen molar-refractivity contribution in [3.63, 3.8) is 0 Å². The predicted molar refractivity (Wildman–Crippen MR) is 58.4 cm³/mol. The first kappa shape index (κ1) is 11.8. The fourth-order valence-electron chi connectivity index (χ4n) is 1.60. The predicted octanol–water partition coefficient (Wildman–Crippen LogP) is 4.24. The van der Waals surface area contributed by atoms with Crippen LogP contribution in [-0.4, -0.2) is 0 Å². The van der Waals surface area contributed by atoms with Crippen LogP contribution in [0.3, 0.4) is 0 Å². The van der Waals surface area contributed by atoms with Crippen molar-refractivity contribution in [2.45, 2.75) is 26.9 Å². The average molecular weight is 314 g/mol. The summed E-state index contributed by atoms with van der Waals surface area (Å²) in [6.45, 7) is 4.84. The minimum Gasteiger partial charge on any atom is -0.166 e. The van der Waals surface area contributed by atoms with E-state index in [0.717, 1.165) is 5.56 Å². The second-order valence-corrected chi connectivity index (χ2v) is 4.40. The highest BCUT2D eigenvalue weighted by molar-refractivity contribution is 14.1. The van der Waals surface area contributed by atoms with E-state index in [1.54, 1.807) is 6.07 Å². The lowest BCUT2D eigenvalue weighted by Crippen LogP contribution is -2.11. The van der Waals surface area contributed by atoms with E-state index in [1.807, 2.05) is 29.5 Å². The van der Waals surface area contributed by atoms with Crippen LogP contribution in [0, 0.1) is 24.3 Å². The van der Waals surface area contributed by atoms with Crippen molar-refractivity contribution >= 4 is 22.6 Å². The molecule has 1 aromatic rings. The van der Waals surface area contributed by atoms with Gasteiger partial charge in [-0.15, -0.1) is 0 Å².